The first-order chi connectivity index (χ1) is 5.62. The lowest BCUT2D eigenvalue weighted by atomic mass is 10.9. The molecule has 0 aliphatic rings. The second-order valence-electron chi connectivity index (χ2n) is 5.12. The third-order valence-corrected chi connectivity index (χ3v) is 13.1. The zero-order valence-electron chi connectivity index (χ0n) is 9.38. The lowest BCUT2D eigenvalue weighted by Gasteiger charge is -2.25. The van der Waals surface area contributed by atoms with E-state index in [0.717, 1.165) is 6.04 Å². The maximum atomic E-state index is 6.11. The van der Waals surface area contributed by atoms with Crippen molar-refractivity contribution in [3.8, 4) is 0 Å². The molecule has 1 radical (unpaired) electrons. The largest absolute Gasteiger partial charge is 0.248 e. The van der Waals surface area contributed by atoms with Crippen molar-refractivity contribution in [3.05, 3.63) is 0 Å². The monoisotopic (exact) mass is 271 g/mol. The highest BCUT2D eigenvalue weighted by molar-refractivity contribution is 7.45. The Hall–Kier alpha value is 1.23. The fourth-order valence-electron chi connectivity index (χ4n) is 1.60. The molecule has 0 aromatic heterocycles. The highest BCUT2D eigenvalue weighted by Crippen LogP contribution is 2.28. The molecule has 79 valence electrons. The summed E-state index contributed by atoms with van der Waals surface area (Å²) in [5.41, 5.74) is 1.50. The van der Waals surface area contributed by atoms with Gasteiger partial charge in [-0.25, -0.2) is 0 Å². The Kier molecular flexibility index (Phi) is 5.86. The third-order valence-electron chi connectivity index (χ3n) is 2.07. The van der Waals surface area contributed by atoms with Crippen LogP contribution in [0.5, 0.6) is 0 Å². The van der Waals surface area contributed by atoms with Gasteiger partial charge in [0, 0.05) is 16.9 Å². The van der Waals surface area contributed by atoms with Crippen molar-refractivity contribution in [2.75, 3.05) is 0 Å². The van der Waals surface area contributed by atoms with Gasteiger partial charge >= 0.3 is 0 Å². The SMILES string of the molecule is C[Si](C)C[Si](C)(C)CC[Si](C)(Cl)Cl. The lowest BCUT2D eigenvalue weighted by molar-refractivity contribution is 1.30. The van der Waals surface area contributed by atoms with Gasteiger partial charge in [-0.15, -0.1) is 22.2 Å². The molecule has 0 heterocycles. The van der Waals surface area contributed by atoms with E-state index in [1.807, 2.05) is 6.55 Å². The Balaban J connectivity index is 3.89. The topological polar surface area (TPSA) is 0 Å². The Morgan fingerprint density at radius 2 is 1.46 bits per heavy atom. The average molecular weight is 272 g/mol. The summed E-state index contributed by atoms with van der Waals surface area (Å²) in [5.74, 6) is 0. The molecule has 0 N–H and O–H groups in total. The highest BCUT2D eigenvalue weighted by atomic mass is 35.7. The molecule has 0 unspecified atom stereocenters. The van der Waals surface area contributed by atoms with Crippen LogP contribution >= 0.6 is 22.2 Å². The second-order valence-corrected chi connectivity index (χ2v) is 22.0. The van der Waals surface area contributed by atoms with Crippen LogP contribution < -0.4 is 0 Å². The van der Waals surface area contributed by atoms with E-state index >= 15 is 0 Å². The van der Waals surface area contributed by atoms with Crippen molar-refractivity contribution in [1.29, 1.82) is 0 Å². The van der Waals surface area contributed by atoms with Crippen molar-refractivity contribution in [3.63, 3.8) is 0 Å². The maximum absolute atomic E-state index is 6.11. The minimum absolute atomic E-state index is 0.0675. The summed E-state index contributed by atoms with van der Waals surface area (Å²) in [4.78, 5) is 0. The summed E-state index contributed by atoms with van der Waals surface area (Å²) in [6.07, 6.45) is 0. The third kappa shape index (κ3) is 9.53. The van der Waals surface area contributed by atoms with E-state index in [0.29, 0.717) is 0 Å². The number of hydrogen-bond donors (Lipinski definition) is 0. The van der Waals surface area contributed by atoms with Crippen LogP contribution in [-0.2, 0) is 0 Å². The molecule has 0 bridgehead atoms. The quantitative estimate of drug-likeness (QED) is 0.509. The summed E-state index contributed by atoms with van der Waals surface area (Å²) in [6.45, 7) is 9.95. The van der Waals surface area contributed by atoms with Gasteiger partial charge in [0.05, 0.1) is 0 Å². The molecule has 0 fully saturated rings. The molecule has 0 aliphatic heterocycles. The van der Waals surface area contributed by atoms with Crippen molar-refractivity contribution >= 4 is 45.7 Å². The Morgan fingerprint density at radius 1 is 1.00 bits per heavy atom. The van der Waals surface area contributed by atoms with Gasteiger partial charge in [-0.1, -0.05) is 37.9 Å². The molecule has 0 saturated carbocycles. The molecule has 5 heteroatoms. The van der Waals surface area contributed by atoms with Gasteiger partial charge in [0.2, 0.25) is 6.69 Å². The maximum Gasteiger partial charge on any atom is 0.248 e. The van der Waals surface area contributed by atoms with Crippen molar-refractivity contribution < 1.29 is 0 Å². The molecular weight excluding hydrogens is 251 g/mol. The van der Waals surface area contributed by atoms with Gasteiger partial charge in [0.1, 0.15) is 0 Å². The fraction of sp³-hybridized carbons (Fsp3) is 1.00. The Labute approximate surface area is 96.1 Å². The van der Waals surface area contributed by atoms with Crippen molar-refractivity contribution in [1.82, 2.24) is 0 Å². The Morgan fingerprint density at radius 3 is 1.77 bits per heavy atom. The van der Waals surface area contributed by atoms with Crippen LogP contribution in [0.15, 0.2) is 0 Å². The van der Waals surface area contributed by atoms with Crippen LogP contribution in [0.25, 0.3) is 0 Å². The van der Waals surface area contributed by atoms with Crippen LogP contribution in [-0.4, -0.2) is 23.6 Å². The predicted molar refractivity (Wildman–Crippen MR) is 72.7 cm³/mol. The molecule has 0 spiro atoms. The van der Waals surface area contributed by atoms with Crippen LogP contribution in [0.1, 0.15) is 0 Å². The lowest BCUT2D eigenvalue weighted by Crippen LogP contribution is -2.32. The molecule has 0 amide bonds. The van der Waals surface area contributed by atoms with Crippen LogP contribution in [0.3, 0.4) is 0 Å². The van der Waals surface area contributed by atoms with Gasteiger partial charge in [0.25, 0.3) is 0 Å². The number of rotatable bonds is 5. The highest BCUT2D eigenvalue weighted by Gasteiger charge is 2.28. The normalized spacial score (nSPS) is 13.8. The zero-order chi connectivity index (χ0) is 10.7. The molecule has 0 atom stereocenters. The summed E-state index contributed by atoms with van der Waals surface area (Å²) in [5, 5.41) is 0. The summed E-state index contributed by atoms with van der Waals surface area (Å²) < 4.78 is 0. The standard InChI is InChI=1S/C8H21Cl2Si3/c1-11(2)8-12(3,4)6-7-13(5,9)10/h6-8H2,1-5H3. The average Bonchev–Trinajstić information content (AvgIpc) is 1.79. The first kappa shape index (κ1) is 14.2. The Bertz CT molecular complexity index is 152. The van der Waals surface area contributed by atoms with Gasteiger partial charge in [-0.2, -0.15) is 0 Å². The van der Waals surface area contributed by atoms with E-state index in [1.54, 1.807) is 0 Å². The molecule has 0 aliphatic carbocycles. The van der Waals surface area contributed by atoms with Crippen LogP contribution in [0.2, 0.25) is 50.5 Å². The predicted octanol–water partition coefficient (Wildman–Crippen LogP) is 4.54. The number of halogens is 2. The molecule has 13 heavy (non-hydrogen) atoms. The van der Waals surface area contributed by atoms with Crippen LogP contribution in [0, 0.1) is 0 Å². The van der Waals surface area contributed by atoms with Gasteiger partial charge in [-0.3, -0.25) is 0 Å². The first-order valence-electron chi connectivity index (χ1n) is 4.79. The van der Waals surface area contributed by atoms with E-state index in [1.165, 1.54) is 11.7 Å². The molecular formula is C8H21Cl2Si3. The molecule has 0 nitrogen and oxygen atoms in total. The molecule has 0 aromatic rings. The van der Waals surface area contributed by atoms with E-state index in [9.17, 15) is 0 Å². The van der Waals surface area contributed by atoms with E-state index in [4.69, 9.17) is 22.2 Å². The van der Waals surface area contributed by atoms with Gasteiger partial charge < -0.3 is 0 Å². The molecule has 0 rings (SSSR count). The van der Waals surface area contributed by atoms with E-state index in [-0.39, 0.29) is 8.80 Å². The summed E-state index contributed by atoms with van der Waals surface area (Å²) >= 11 is 12.2. The smallest absolute Gasteiger partial charge is 0.146 e. The van der Waals surface area contributed by atoms with Crippen molar-refractivity contribution in [2.24, 2.45) is 0 Å². The minimum Gasteiger partial charge on any atom is -0.146 e. The summed E-state index contributed by atoms with van der Waals surface area (Å²) in [6, 6.07) is 2.41. The minimum atomic E-state index is -1.83. The molecule has 0 saturated heterocycles. The molecule has 0 aromatic carbocycles. The van der Waals surface area contributed by atoms with Gasteiger partial charge in [-0.05, 0) is 12.6 Å². The first-order valence-corrected chi connectivity index (χ1v) is 15.6. The zero-order valence-corrected chi connectivity index (χ0v) is 13.9. The summed E-state index contributed by atoms with van der Waals surface area (Å²) in [7, 11) is -1.03. The van der Waals surface area contributed by atoms with E-state index in [2.05, 4.69) is 26.2 Å². The van der Waals surface area contributed by atoms with Crippen molar-refractivity contribution in [2.45, 2.75) is 50.5 Å². The number of hydrogen-bond acceptors (Lipinski definition) is 0. The van der Waals surface area contributed by atoms with Crippen LogP contribution in [0.4, 0.5) is 0 Å². The van der Waals surface area contributed by atoms with E-state index < -0.39 is 14.8 Å². The fourth-order valence-corrected chi connectivity index (χ4v) is 16.1. The second kappa shape index (κ2) is 5.35. The van der Waals surface area contributed by atoms with Gasteiger partial charge in [0.15, 0.2) is 0 Å².